The Hall–Kier alpha value is -2.04. The van der Waals surface area contributed by atoms with Crippen LogP contribution in [0.15, 0.2) is 60.8 Å². The monoisotopic (exact) mass is 312 g/mol. The van der Waals surface area contributed by atoms with Crippen LogP contribution in [0.1, 0.15) is 10.6 Å². The van der Waals surface area contributed by atoms with Gasteiger partial charge < -0.3 is 5.32 Å². The molecule has 0 amide bonds. The van der Waals surface area contributed by atoms with Crippen molar-refractivity contribution < 1.29 is 4.39 Å². The lowest BCUT2D eigenvalue weighted by Crippen LogP contribution is -2.16. The fraction of sp³-hybridized carbons (Fsp3) is 0.167. The summed E-state index contributed by atoms with van der Waals surface area (Å²) in [4.78, 5) is 5.63. The zero-order chi connectivity index (χ0) is 15.2. The number of nitrogens with zero attached hydrogens (tertiary/aromatic N) is 1. The van der Waals surface area contributed by atoms with Crippen LogP contribution in [0.2, 0.25) is 0 Å². The molecule has 1 N–H and O–H groups in total. The lowest BCUT2D eigenvalue weighted by atomic mass is 10.1. The summed E-state index contributed by atoms with van der Waals surface area (Å²) in [6.45, 7) is 1.55. The molecule has 0 saturated carbocycles. The average Bonchev–Trinajstić information content (AvgIpc) is 3.01. The van der Waals surface area contributed by atoms with E-state index < -0.39 is 0 Å². The van der Waals surface area contributed by atoms with Crippen molar-refractivity contribution in [3.63, 3.8) is 0 Å². The quantitative estimate of drug-likeness (QED) is 0.687. The van der Waals surface area contributed by atoms with Crippen molar-refractivity contribution in [2.45, 2.75) is 13.0 Å². The molecule has 1 heterocycles. The van der Waals surface area contributed by atoms with Crippen LogP contribution < -0.4 is 5.32 Å². The van der Waals surface area contributed by atoms with Crippen LogP contribution >= 0.6 is 11.3 Å². The maximum atomic E-state index is 13.1. The molecule has 3 rings (SSSR count). The van der Waals surface area contributed by atoms with Gasteiger partial charge in [-0.25, -0.2) is 9.37 Å². The largest absolute Gasteiger partial charge is 0.310 e. The summed E-state index contributed by atoms with van der Waals surface area (Å²) in [7, 11) is 0. The second kappa shape index (κ2) is 7.29. The normalized spacial score (nSPS) is 10.8. The molecule has 112 valence electrons. The molecule has 3 aromatic rings. The third-order valence-electron chi connectivity index (χ3n) is 3.37. The second-order valence-corrected chi connectivity index (χ2v) is 6.16. The van der Waals surface area contributed by atoms with E-state index in [1.54, 1.807) is 23.5 Å². The molecular formula is C18H17FN2S. The van der Waals surface area contributed by atoms with E-state index in [2.05, 4.69) is 22.4 Å². The fourth-order valence-electron chi connectivity index (χ4n) is 2.25. The van der Waals surface area contributed by atoms with Gasteiger partial charge in [0, 0.05) is 12.7 Å². The highest BCUT2D eigenvalue weighted by atomic mass is 32.1. The van der Waals surface area contributed by atoms with E-state index in [4.69, 9.17) is 0 Å². The highest BCUT2D eigenvalue weighted by Gasteiger charge is 2.03. The number of nitrogens with one attached hydrogen (secondary N) is 1. The topological polar surface area (TPSA) is 24.9 Å². The van der Waals surface area contributed by atoms with E-state index in [-0.39, 0.29) is 5.82 Å². The predicted octanol–water partition coefficient (Wildman–Crippen LogP) is 4.28. The average molecular weight is 312 g/mol. The van der Waals surface area contributed by atoms with E-state index in [0.29, 0.717) is 0 Å². The molecule has 0 radical (unpaired) electrons. The van der Waals surface area contributed by atoms with E-state index >= 15 is 0 Å². The van der Waals surface area contributed by atoms with Gasteiger partial charge in [-0.2, -0.15) is 0 Å². The van der Waals surface area contributed by atoms with E-state index in [0.717, 1.165) is 30.1 Å². The van der Waals surface area contributed by atoms with Crippen molar-refractivity contribution in [1.29, 1.82) is 0 Å². The number of benzene rings is 2. The molecule has 0 saturated heterocycles. The molecule has 22 heavy (non-hydrogen) atoms. The van der Waals surface area contributed by atoms with Crippen LogP contribution in [0.3, 0.4) is 0 Å². The van der Waals surface area contributed by atoms with Gasteiger partial charge in [-0.05, 0) is 36.2 Å². The molecule has 1 aromatic heterocycles. The molecular weight excluding hydrogens is 295 g/mol. The summed E-state index contributed by atoms with van der Waals surface area (Å²) in [5, 5.41) is 4.43. The summed E-state index contributed by atoms with van der Waals surface area (Å²) < 4.78 is 13.1. The van der Waals surface area contributed by atoms with Crippen molar-refractivity contribution in [1.82, 2.24) is 10.3 Å². The fourth-order valence-corrected chi connectivity index (χ4v) is 3.14. The van der Waals surface area contributed by atoms with Crippen LogP contribution in [0.25, 0.3) is 10.4 Å². The van der Waals surface area contributed by atoms with Crippen molar-refractivity contribution in [3.8, 4) is 10.4 Å². The van der Waals surface area contributed by atoms with E-state index in [9.17, 15) is 4.39 Å². The number of aromatic nitrogens is 1. The number of hydrogen-bond acceptors (Lipinski definition) is 3. The van der Waals surface area contributed by atoms with E-state index in [1.165, 1.54) is 16.5 Å². The summed E-state index contributed by atoms with van der Waals surface area (Å²) in [6.07, 6.45) is 2.73. The van der Waals surface area contributed by atoms with Gasteiger partial charge in [0.25, 0.3) is 0 Å². The molecule has 0 spiro atoms. The first-order chi connectivity index (χ1) is 10.8. The third kappa shape index (κ3) is 4.00. The minimum absolute atomic E-state index is 0.176. The van der Waals surface area contributed by atoms with Crippen molar-refractivity contribution in [2.24, 2.45) is 0 Å². The van der Waals surface area contributed by atoms with Gasteiger partial charge in [-0.1, -0.05) is 42.5 Å². The Morgan fingerprint density at radius 2 is 1.91 bits per heavy atom. The lowest BCUT2D eigenvalue weighted by molar-refractivity contribution is 0.622. The standard InChI is InChI=1S/C18H17FN2S/c19-16-8-4-5-14(11-16)9-10-20-13-18-21-12-17(22-18)15-6-2-1-3-7-15/h1-8,11-12,20H,9-10,13H2. The number of halogens is 1. The molecule has 0 aliphatic carbocycles. The molecule has 0 unspecified atom stereocenters. The molecule has 2 nitrogen and oxygen atoms in total. The molecule has 4 heteroatoms. The zero-order valence-corrected chi connectivity index (χ0v) is 12.9. The Morgan fingerprint density at radius 3 is 2.73 bits per heavy atom. The number of hydrogen-bond donors (Lipinski definition) is 1. The van der Waals surface area contributed by atoms with Crippen molar-refractivity contribution in [2.75, 3.05) is 6.54 Å². The number of rotatable bonds is 6. The Morgan fingerprint density at radius 1 is 1.05 bits per heavy atom. The smallest absolute Gasteiger partial charge is 0.123 e. The molecule has 2 aromatic carbocycles. The minimum Gasteiger partial charge on any atom is -0.310 e. The van der Waals surface area contributed by atoms with Gasteiger partial charge in [-0.3, -0.25) is 0 Å². The Kier molecular flexibility index (Phi) is 4.93. The van der Waals surface area contributed by atoms with Crippen LogP contribution in [0.4, 0.5) is 4.39 Å². The first-order valence-electron chi connectivity index (χ1n) is 7.26. The Balaban J connectivity index is 1.49. The minimum atomic E-state index is -0.176. The van der Waals surface area contributed by atoms with Gasteiger partial charge in [0.2, 0.25) is 0 Å². The van der Waals surface area contributed by atoms with Crippen molar-refractivity contribution >= 4 is 11.3 Å². The summed E-state index contributed by atoms with van der Waals surface area (Å²) >= 11 is 1.70. The zero-order valence-electron chi connectivity index (χ0n) is 12.1. The molecule has 0 aliphatic heterocycles. The maximum absolute atomic E-state index is 13.1. The molecule has 0 bridgehead atoms. The molecule has 0 atom stereocenters. The lowest BCUT2D eigenvalue weighted by Gasteiger charge is -2.03. The van der Waals surface area contributed by atoms with Crippen LogP contribution in [-0.2, 0) is 13.0 Å². The Labute approximate surface area is 133 Å². The summed E-state index contributed by atoms with van der Waals surface area (Å²) in [6, 6.07) is 17.0. The highest BCUT2D eigenvalue weighted by Crippen LogP contribution is 2.25. The molecule has 0 aliphatic rings. The van der Waals surface area contributed by atoms with Gasteiger partial charge >= 0.3 is 0 Å². The predicted molar refractivity (Wildman–Crippen MR) is 89.4 cm³/mol. The van der Waals surface area contributed by atoms with Crippen molar-refractivity contribution in [3.05, 3.63) is 77.2 Å². The van der Waals surface area contributed by atoms with Gasteiger partial charge in [0.1, 0.15) is 10.8 Å². The highest BCUT2D eigenvalue weighted by molar-refractivity contribution is 7.15. The first-order valence-corrected chi connectivity index (χ1v) is 8.08. The SMILES string of the molecule is Fc1cccc(CCNCc2ncc(-c3ccccc3)s2)c1. The van der Waals surface area contributed by atoms with Gasteiger partial charge in [0.15, 0.2) is 0 Å². The van der Waals surface area contributed by atoms with E-state index in [1.807, 2.05) is 30.5 Å². The van der Waals surface area contributed by atoms with Gasteiger partial charge in [-0.15, -0.1) is 11.3 Å². The summed E-state index contributed by atoms with van der Waals surface area (Å²) in [5.41, 5.74) is 2.21. The second-order valence-electron chi connectivity index (χ2n) is 5.04. The summed E-state index contributed by atoms with van der Waals surface area (Å²) in [5.74, 6) is -0.176. The van der Waals surface area contributed by atoms with Crippen LogP contribution in [0, 0.1) is 5.82 Å². The first kappa shape index (κ1) is 14.9. The van der Waals surface area contributed by atoms with Crippen LogP contribution in [0.5, 0.6) is 0 Å². The third-order valence-corrected chi connectivity index (χ3v) is 4.41. The Bertz CT molecular complexity index is 725. The van der Waals surface area contributed by atoms with Crippen LogP contribution in [-0.4, -0.2) is 11.5 Å². The molecule has 0 fully saturated rings. The number of thiazole rings is 1. The maximum Gasteiger partial charge on any atom is 0.123 e. The van der Waals surface area contributed by atoms with Gasteiger partial charge in [0.05, 0.1) is 4.88 Å².